The first kappa shape index (κ1) is 33.0. The normalized spacial score (nSPS) is 12.4. The molecule has 1 aromatic heterocycles. The average Bonchev–Trinajstić information content (AvgIpc) is 3.65. The summed E-state index contributed by atoms with van der Waals surface area (Å²) in [5.74, 6) is -1.06. The van der Waals surface area contributed by atoms with Crippen LogP contribution in [0.1, 0.15) is 27.9 Å². The fourth-order valence-electron chi connectivity index (χ4n) is 5.29. The second kappa shape index (κ2) is 16.3. The number of nitrogens with zero attached hydrogens (tertiary/aromatic N) is 1. The van der Waals surface area contributed by atoms with Gasteiger partial charge >= 0.3 is 12.1 Å². The lowest BCUT2D eigenvalue weighted by atomic mass is 9.84. The molecule has 0 aliphatic heterocycles. The Bertz CT molecular complexity index is 1610. The maximum absolute atomic E-state index is 14.0. The van der Waals surface area contributed by atoms with Gasteiger partial charge in [-0.15, -0.1) is 11.8 Å². The lowest BCUT2D eigenvalue weighted by molar-refractivity contribution is -0.145. The Hall–Kier alpha value is -5.35. The quantitative estimate of drug-likeness (QED) is 0.105. The topological polar surface area (TPSA) is 122 Å². The van der Waals surface area contributed by atoms with Crippen LogP contribution in [-0.2, 0) is 36.8 Å². The van der Waals surface area contributed by atoms with E-state index in [1.54, 1.807) is 6.20 Å². The van der Waals surface area contributed by atoms with Crippen LogP contribution < -0.4 is 10.6 Å². The molecular formula is C37H36N4O5S. The van der Waals surface area contributed by atoms with E-state index in [2.05, 4.69) is 57.0 Å². The number of carbonyl (C=O) groups is 3. The average molecular weight is 649 g/mol. The molecule has 5 rings (SSSR count). The minimum Gasteiger partial charge on any atom is -0.467 e. The zero-order valence-electron chi connectivity index (χ0n) is 25.9. The van der Waals surface area contributed by atoms with Crippen molar-refractivity contribution in [3.63, 3.8) is 0 Å². The Balaban J connectivity index is 1.47. The van der Waals surface area contributed by atoms with Crippen molar-refractivity contribution in [1.29, 1.82) is 0 Å². The molecule has 5 aromatic rings. The minimum atomic E-state index is -1.09. The van der Waals surface area contributed by atoms with Crippen LogP contribution in [0.3, 0.4) is 0 Å². The van der Waals surface area contributed by atoms with Crippen LogP contribution in [0.2, 0.25) is 0 Å². The number of esters is 1. The highest BCUT2D eigenvalue weighted by atomic mass is 32.2. The summed E-state index contributed by atoms with van der Waals surface area (Å²) in [5, 5.41) is 5.56. The van der Waals surface area contributed by atoms with E-state index in [4.69, 9.17) is 9.47 Å². The second-order valence-electron chi connectivity index (χ2n) is 10.7. The first-order valence-electron chi connectivity index (χ1n) is 15.1. The number of nitrogens with one attached hydrogen (secondary N) is 3. The van der Waals surface area contributed by atoms with Gasteiger partial charge in [0.2, 0.25) is 5.91 Å². The molecule has 0 aliphatic rings. The molecule has 2 amide bonds. The maximum atomic E-state index is 14.0. The Labute approximate surface area is 278 Å². The molecule has 240 valence electrons. The van der Waals surface area contributed by atoms with Crippen molar-refractivity contribution in [3.8, 4) is 0 Å². The monoisotopic (exact) mass is 648 g/mol. The van der Waals surface area contributed by atoms with Crippen LogP contribution in [0.4, 0.5) is 4.79 Å². The van der Waals surface area contributed by atoms with Gasteiger partial charge in [0, 0.05) is 24.1 Å². The van der Waals surface area contributed by atoms with E-state index >= 15 is 0 Å². The number of aromatic amines is 1. The number of H-pyrrole nitrogens is 1. The predicted octanol–water partition coefficient (Wildman–Crippen LogP) is 5.63. The smallest absolute Gasteiger partial charge is 0.408 e. The van der Waals surface area contributed by atoms with E-state index < -0.39 is 34.8 Å². The number of hydrogen-bond acceptors (Lipinski definition) is 7. The molecule has 0 saturated carbocycles. The summed E-state index contributed by atoms with van der Waals surface area (Å²) in [4.78, 5) is 46.9. The second-order valence-corrected chi connectivity index (χ2v) is 11.9. The Morgan fingerprint density at radius 2 is 1.30 bits per heavy atom. The highest BCUT2D eigenvalue weighted by Crippen LogP contribution is 2.48. The van der Waals surface area contributed by atoms with E-state index in [1.165, 1.54) is 25.2 Å². The minimum absolute atomic E-state index is 0.0285. The number of methoxy groups -OCH3 is 1. The number of benzene rings is 4. The van der Waals surface area contributed by atoms with Gasteiger partial charge in [0.25, 0.3) is 0 Å². The molecule has 4 aromatic carbocycles. The third-order valence-corrected chi connectivity index (χ3v) is 9.25. The van der Waals surface area contributed by atoms with Gasteiger partial charge in [-0.05, 0) is 22.3 Å². The highest BCUT2D eigenvalue weighted by molar-refractivity contribution is 8.00. The van der Waals surface area contributed by atoms with E-state index in [0.29, 0.717) is 5.69 Å². The van der Waals surface area contributed by atoms with E-state index in [0.717, 1.165) is 22.3 Å². The van der Waals surface area contributed by atoms with Crippen molar-refractivity contribution in [1.82, 2.24) is 20.6 Å². The maximum Gasteiger partial charge on any atom is 0.408 e. The summed E-state index contributed by atoms with van der Waals surface area (Å²) < 4.78 is 9.75. The van der Waals surface area contributed by atoms with E-state index in [9.17, 15) is 14.4 Å². The zero-order chi connectivity index (χ0) is 32.9. The van der Waals surface area contributed by atoms with Crippen molar-refractivity contribution in [2.75, 3.05) is 12.9 Å². The standard InChI is InChI=1S/C37H36N4O5S/c1-45-35(43)32(22-31-23-38-26-39-31)40-34(42)33(41-36(44)46-24-27-14-6-2-7-15-27)25-47-37(28-16-8-3-9-17-28,29-18-10-4-11-19-29)30-20-12-5-13-21-30/h2-21,23,26,32-33H,22,24-25H2,1H3,(H,38,39)(H,40,42)(H,41,44)/t32-,33-/m1/s1. The lowest BCUT2D eigenvalue weighted by Gasteiger charge is -2.36. The SMILES string of the molecule is COC(=O)[C@@H](Cc1cnc[nH]1)NC(=O)[C@@H](CSC(c1ccccc1)(c1ccccc1)c1ccccc1)NC(=O)OCc1ccccc1. The summed E-state index contributed by atoms with van der Waals surface area (Å²) in [6, 6.07) is 37.3. The largest absolute Gasteiger partial charge is 0.467 e. The lowest BCUT2D eigenvalue weighted by Crippen LogP contribution is -2.54. The Kier molecular flexibility index (Phi) is 11.4. The summed E-state index contributed by atoms with van der Waals surface area (Å²) in [5.41, 5.74) is 4.44. The van der Waals surface area contributed by atoms with Crippen molar-refractivity contribution in [2.45, 2.75) is 29.9 Å². The summed E-state index contributed by atoms with van der Waals surface area (Å²) in [6.45, 7) is 0.0285. The summed E-state index contributed by atoms with van der Waals surface area (Å²) in [6.07, 6.45) is 2.43. The van der Waals surface area contributed by atoms with Crippen molar-refractivity contribution in [2.24, 2.45) is 0 Å². The van der Waals surface area contributed by atoms with Crippen LogP contribution in [0.25, 0.3) is 0 Å². The van der Waals surface area contributed by atoms with Gasteiger partial charge < -0.3 is 25.1 Å². The Morgan fingerprint density at radius 3 is 1.79 bits per heavy atom. The van der Waals surface area contributed by atoms with Gasteiger partial charge in [-0.3, -0.25) is 4.79 Å². The van der Waals surface area contributed by atoms with Crippen LogP contribution in [0, 0.1) is 0 Å². The third kappa shape index (κ3) is 8.47. The molecule has 10 heteroatoms. The fourth-order valence-corrected chi connectivity index (χ4v) is 6.85. The van der Waals surface area contributed by atoms with E-state index in [-0.39, 0.29) is 18.8 Å². The summed E-state index contributed by atoms with van der Waals surface area (Å²) in [7, 11) is 1.26. The number of amides is 2. The van der Waals surface area contributed by atoms with Gasteiger partial charge in [-0.25, -0.2) is 14.6 Å². The van der Waals surface area contributed by atoms with Gasteiger partial charge in [0.1, 0.15) is 18.7 Å². The fraction of sp³-hybridized carbons (Fsp3) is 0.189. The van der Waals surface area contributed by atoms with Crippen molar-refractivity contribution in [3.05, 3.63) is 162 Å². The van der Waals surface area contributed by atoms with Gasteiger partial charge in [0.05, 0.1) is 18.2 Å². The van der Waals surface area contributed by atoms with Crippen molar-refractivity contribution >= 4 is 29.7 Å². The number of alkyl carbamates (subject to hydrolysis) is 1. The van der Waals surface area contributed by atoms with Crippen LogP contribution in [0.15, 0.2) is 134 Å². The van der Waals surface area contributed by atoms with Crippen LogP contribution >= 0.6 is 11.8 Å². The molecule has 0 bridgehead atoms. The molecule has 0 fully saturated rings. The number of ether oxygens (including phenoxy) is 2. The molecule has 0 unspecified atom stereocenters. The highest BCUT2D eigenvalue weighted by Gasteiger charge is 2.39. The third-order valence-electron chi connectivity index (χ3n) is 7.61. The van der Waals surface area contributed by atoms with Gasteiger partial charge in [-0.1, -0.05) is 121 Å². The van der Waals surface area contributed by atoms with Gasteiger partial charge in [-0.2, -0.15) is 0 Å². The molecule has 0 saturated heterocycles. The molecule has 47 heavy (non-hydrogen) atoms. The molecule has 0 radical (unpaired) electrons. The zero-order valence-corrected chi connectivity index (χ0v) is 26.7. The van der Waals surface area contributed by atoms with E-state index in [1.807, 2.05) is 84.9 Å². The first-order valence-corrected chi connectivity index (χ1v) is 16.1. The number of thioether (sulfide) groups is 1. The molecule has 3 N–H and O–H groups in total. The van der Waals surface area contributed by atoms with Crippen LogP contribution in [0.5, 0.6) is 0 Å². The molecule has 9 nitrogen and oxygen atoms in total. The van der Waals surface area contributed by atoms with Crippen molar-refractivity contribution < 1.29 is 23.9 Å². The molecule has 1 heterocycles. The Morgan fingerprint density at radius 1 is 0.766 bits per heavy atom. The summed E-state index contributed by atoms with van der Waals surface area (Å²) >= 11 is 1.50. The molecule has 2 atom stereocenters. The number of carbonyl (C=O) groups excluding carboxylic acids is 3. The molecular weight excluding hydrogens is 612 g/mol. The first-order chi connectivity index (χ1) is 23.0. The molecule has 0 aliphatic carbocycles. The predicted molar refractivity (Wildman–Crippen MR) is 181 cm³/mol. The molecule has 0 spiro atoms. The number of hydrogen-bond donors (Lipinski definition) is 3. The number of aromatic nitrogens is 2. The number of rotatable bonds is 14. The van der Waals surface area contributed by atoms with Gasteiger partial charge in [0.15, 0.2) is 0 Å². The van der Waals surface area contributed by atoms with Crippen LogP contribution in [-0.4, -0.2) is 52.9 Å². The number of imidazole rings is 1.